The van der Waals surface area contributed by atoms with Crippen LogP contribution in [-0.2, 0) is 29.8 Å². The summed E-state index contributed by atoms with van der Waals surface area (Å²) in [4.78, 5) is 38.6. The van der Waals surface area contributed by atoms with Gasteiger partial charge in [0.2, 0.25) is 5.91 Å². The van der Waals surface area contributed by atoms with Crippen molar-refractivity contribution in [2.24, 2.45) is 5.92 Å². The Balaban J connectivity index is 1.73. The number of nitrogens with one attached hydrogen (secondary N) is 3. The Morgan fingerprint density at radius 1 is 1.18 bits per heavy atom. The molecule has 0 bridgehead atoms. The van der Waals surface area contributed by atoms with E-state index in [9.17, 15) is 39.5 Å². The van der Waals surface area contributed by atoms with Crippen LogP contribution in [0, 0.1) is 5.92 Å². The standard InChI is InChI=1S/C24H34N3O10P/c1-4-18-19(28)20(29)21(30)24(36-18)37-38(34,35)27-16(9-12(2)3)22(31)26-17(23(32)33)10-13-11-25-15-8-6-5-7-14(13)15/h4-8,11-12,16-21,24-25,28-30H,1,9-10H2,2-3H3,(H,26,31)(H,32,33)(H2,27,34,35)/t16-,17-,18?,19?,20?,21?,24?/m0/s1. The van der Waals surface area contributed by atoms with Gasteiger partial charge in [-0.05, 0) is 24.0 Å². The molecule has 0 saturated carbocycles. The summed E-state index contributed by atoms with van der Waals surface area (Å²) in [5.74, 6) is -2.31. The molecule has 8 atom stereocenters. The molecule has 13 nitrogen and oxygen atoms in total. The van der Waals surface area contributed by atoms with Gasteiger partial charge in [-0.25, -0.2) is 14.4 Å². The van der Waals surface area contributed by atoms with Crippen LogP contribution in [0.5, 0.6) is 0 Å². The maximum absolute atomic E-state index is 13.1. The Bertz CT molecular complexity index is 1190. The molecule has 1 aliphatic rings. The fourth-order valence-corrected chi connectivity index (χ4v) is 5.34. The molecule has 0 aliphatic carbocycles. The van der Waals surface area contributed by atoms with E-state index in [0.29, 0.717) is 5.56 Å². The first-order valence-electron chi connectivity index (χ1n) is 12.0. The minimum Gasteiger partial charge on any atom is -0.480 e. The quantitative estimate of drug-likeness (QED) is 0.133. The highest BCUT2D eigenvalue weighted by molar-refractivity contribution is 7.50. The lowest BCUT2D eigenvalue weighted by atomic mass is 9.99. The molecule has 6 unspecified atom stereocenters. The van der Waals surface area contributed by atoms with Crippen molar-refractivity contribution < 1.29 is 48.7 Å². The molecular formula is C24H34N3O10P. The second-order valence-corrected chi connectivity index (χ2v) is 11.1. The number of fused-ring (bicyclic) bond motifs is 1. The number of carboxylic acids is 1. The molecule has 14 heteroatoms. The largest absolute Gasteiger partial charge is 0.480 e. The van der Waals surface area contributed by atoms with E-state index in [2.05, 4.69) is 22.0 Å². The van der Waals surface area contributed by atoms with E-state index in [0.717, 1.165) is 17.0 Å². The number of carbonyl (C=O) groups excluding carboxylic acids is 1. The van der Waals surface area contributed by atoms with Gasteiger partial charge >= 0.3 is 13.7 Å². The van der Waals surface area contributed by atoms with E-state index < -0.39 is 62.4 Å². The van der Waals surface area contributed by atoms with Gasteiger partial charge in [0.25, 0.3) is 0 Å². The van der Waals surface area contributed by atoms with E-state index in [1.165, 1.54) is 0 Å². The number of hydrogen-bond donors (Lipinski definition) is 8. The summed E-state index contributed by atoms with van der Waals surface area (Å²) < 4.78 is 23.1. The highest BCUT2D eigenvalue weighted by atomic mass is 31.2. The molecule has 1 fully saturated rings. The molecule has 2 heterocycles. The fraction of sp³-hybridized carbons (Fsp3) is 0.500. The van der Waals surface area contributed by atoms with Gasteiger partial charge in [-0.1, -0.05) is 38.1 Å². The molecule has 2 aromatic rings. The van der Waals surface area contributed by atoms with Gasteiger partial charge < -0.3 is 40.4 Å². The maximum atomic E-state index is 13.1. The number of ether oxygens (including phenoxy) is 1. The zero-order chi connectivity index (χ0) is 28.2. The summed E-state index contributed by atoms with van der Waals surface area (Å²) in [6, 6.07) is 4.58. The van der Waals surface area contributed by atoms with E-state index >= 15 is 0 Å². The summed E-state index contributed by atoms with van der Waals surface area (Å²) in [6.07, 6.45) is -5.45. The number of aliphatic carboxylic acids is 1. The van der Waals surface area contributed by atoms with E-state index in [1.54, 1.807) is 26.1 Å². The molecule has 38 heavy (non-hydrogen) atoms. The molecule has 1 aromatic heterocycles. The Labute approximate surface area is 219 Å². The molecule has 1 aliphatic heterocycles. The van der Waals surface area contributed by atoms with Gasteiger partial charge in [-0.2, -0.15) is 0 Å². The number of carboxylic acid groups (broad SMARTS) is 1. The molecular weight excluding hydrogens is 521 g/mol. The topological polar surface area (TPSA) is 211 Å². The van der Waals surface area contributed by atoms with Gasteiger partial charge in [-0.3, -0.25) is 9.32 Å². The number of amides is 1. The first-order chi connectivity index (χ1) is 17.8. The van der Waals surface area contributed by atoms with Crippen molar-refractivity contribution in [2.75, 3.05) is 0 Å². The van der Waals surface area contributed by atoms with Gasteiger partial charge in [0.05, 0.1) is 6.04 Å². The number of aromatic nitrogens is 1. The van der Waals surface area contributed by atoms with Crippen LogP contribution in [0.4, 0.5) is 0 Å². The molecule has 0 spiro atoms. The van der Waals surface area contributed by atoms with Crippen LogP contribution in [0.15, 0.2) is 43.1 Å². The molecule has 1 aromatic carbocycles. The van der Waals surface area contributed by atoms with Crippen molar-refractivity contribution in [3.8, 4) is 0 Å². The number of carbonyl (C=O) groups is 2. The lowest BCUT2D eigenvalue weighted by molar-refractivity contribution is -0.263. The van der Waals surface area contributed by atoms with Crippen molar-refractivity contribution in [1.82, 2.24) is 15.4 Å². The number of rotatable bonds is 12. The second-order valence-electron chi connectivity index (χ2n) is 9.58. The van der Waals surface area contributed by atoms with Crippen LogP contribution in [-0.4, -0.2) is 85.0 Å². The zero-order valence-electron chi connectivity index (χ0n) is 20.9. The minimum absolute atomic E-state index is 0.0316. The third kappa shape index (κ3) is 7.28. The summed E-state index contributed by atoms with van der Waals surface area (Å²) >= 11 is 0. The Morgan fingerprint density at radius 2 is 1.87 bits per heavy atom. The van der Waals surface area contributed by atoms with Crippen LogP contribution < -0.4 is 10.4 Å². The predicted molar refractivity (Wildman–Crippen MR) is 136 cm³/mol. The van der Waals surface area contributed by atoms with Gasteiger partial charge in [0.15, 0.2) is 6.29 Å². The van der Waals surface area contributed by atoms with Crippen molar-refractivity contribution in [3.63, 3.8) is 0 Å². The summed E-state index contributed by atoms with van der Waals surface area (Å²) in [5, 5.41) is 45.2. The Hall–Kier alpha value is -2.61. The molecule has 0 radical (unpaired) electrons. The lowest BCUT2D eigenvalue weighted by Gasteiger charge is -2.39. The Kier molecular flexibility index (Phi) is 9.85. The molecule has 8 N–H and O–H groups in total. The monoisotopic (exact) mass is 555 g/mol. The number of H-pyrrole nitrogens is 1. The first-order valence-corrected chi connectivity index (χ1v) is 13.6. The molecule has 1 saturated heterocycles. The zero-order valence-corrected chi connectivity index (χ0v) is 21.8. The Morgan fingerprint density at radius 3 is 2.50 bits per heavy atom. The predicted octanol–water partition coefficient (Wildman–Crippen LogP) is 0.395. The van der Waals surface area contributed by atoms with Gasteiger partial charge in [-0.15, -0.1) is 6.58 Å². The number of para-hydroxylation sites is 1. The van der Waals surface area contributed by atoms with Gasteiger partial charge in [0.1, 0.15) is 30.5 Å². The molecule has 1 amide bonds. The third-order valence-electron chi connectivity index (χ3n) is 6.14. The normalized spacial score (nSPS) is 27.0. The average molecular weight is 556 g/mol. The van der Waals surface area contributed by atoms with Crippen LogP contribution in [0.2, 0.25) is 0 Å². The van der Waals surface area contributed by atoms with Crippen molar-refractivity contribution in [1.29, 1.82) is 0 Å². The third-order valence-corrected chi connectivity index (χ3v) is 7.27. The smallest absolute Gasteiger partial charge is 0.406 e. The van der Waals surface area contributed by atoms with E-state index in [-0.39, 0.29) is 18.8 Å². The summed E-state index contributed by atoms with van der Waals surface area (Å²) in [7, 11) is -4.88. The van der Waals surface area contributed by atoms with Crippen LogP contribution in [0.3, 0.4) is 0 Å². The number of aromatic amines is 1. The number of hydrogen-bond acceptors (Lipinski definition) is 8. The maximum Gasteiger partial charge on any atom is 0.406 e. The SMILES string of the molecule is C=CC1OC(OP(=O)(O)N[C@@H](CC(C)C)C(=O)N[C@@H](Cc2c[nH]c3ccccc23)C(=O)O)C(O)C(O)C1O. The van der Waals surface area contributed by atoms with E-state index in [1.807, 2.05) is 18.2 Å². The fourth-order valence-electron chi connectivity index (χ4n) is 4.21. The average Bonchev–Trinajstić information content (AvgIpc) is 3.25. The minimum atomic E-state index is -4.88. The first kappa shape index (κ1) is 29.9. The van der Waals surface area contributed by atoms with Crippen LogP contribution in [0.25, 0.3) is 10.9 Å². The number of benzene rings is 1. The molecule has 210 valence electrons. The van der Waals surface area contributed by atoms with Crippen molar-refractivity contribution in [3.05, 3.63) is 48.7 Å². The molecule has 3 rings (SSSR count). The number of aliphatic hydroxyl groups excluding tert-OH is 3. The van der Waals surface area contributed by atoms with Crippen LogP contribution >= 0.6 is 7.75 Å². The summed E-state index contributed by atoms with van der Waals surface area (Å²) in [6.45, 7) is 6.94. The summed E-state index contributed by atoms with van der Waals surface area (Å²) in [5.41, 5.74) is 1.47. The number of aliphatic hydroxyl groups is 3. The van der Waals surface area contributed by atoms with E-state index in [4.69, 9.17) is 9.26 Å². The second kappa shape index (κ2) is 12.5. The highest BCUT2D eigenvalue weighted by Crippen LogP contribution is 2.42. The van der Waals surface area contributed by atoms with Gasteiger partial charge in [0, 0.05) is 23.5 Å². The van der Waals surface area contributed by atoms with Crippen molar-refractivity contribution in [2.45, 2.75) is 69.5 Å². The highest BCUT2D eigenvalue weighted by Gasteiger charge is 2.46. The lowest BCUT2D eigenvalue weighted by Crippen LogP contribution is -2.57. The van der Waals surface area contributed by atoms with Crippen LogP contribution in [0.1, 0.15) is 25.8 Å². The van der Waals surface area contributed by atoms with Crippen molar-refractivity contribution >= 4 is 30.5 Å².